The molecule has 0 aliphatic carbocycles. The molecule has 4 atom stereocenters. The Morgan fingerprint density at radius 3 is 1.85 bits per heavy atom. The van der Waals surface area contributed by atoms with Gasteiger partial charge in [-0.2, -0.15) is 0 Å². The average molecular weight is 393 g/mol. The summed E-state index contributed by atoms with van der Waals surface area (Å²) in [4.78, 5) is 0. The van der Waals surface area contributed by atoms with E-state index in [-0.39, 0.29) is 22.4 Å². The smallest absolute Gasteiger partial charge is 0.394 e. The van der Waals surface area contributed by atoms with Crippen molar-refractivity contribution in [2.24, 2.45) is 0 Å². The zero-order chi connectivity index (χ0) is 9.72. The molecule has 0 heterocycles. The third kappa shape index (κ3) is 5.16. The van der Waals surface area contributed by atoms with Crippen LogP contribution in [0, 0.1) is 0 Å². The second-order valence-electron chi connectivity index (χ2n) is 2.36. The molecular weight excluding hydrogens is 381 g/mol. The molecular formula is C6H12AuO5S+. The van der Waals surface area contributed by atoms with Crippen molar-refractivity contribution in [3.8, 4) is 0 Å². The fraction of sp³-hybridized carbons (Fsp3) is 0.833. The molecule has 0 spiro atoms. The molecule has 0 fully saturated rings. The van der Waals surface area contributed by atoms with Crippen LogP contribution in [-0.4, -0.2) is 61.9 Å². The summed E-state index contributed by atoms with van der Waals surface area (Å²) in [6.45, 7) is -0.692. The summed E-state index contributed by atoms with van der Waals surface area (Å²) < 4.78 is 0. The quantitative estimate of drug-likeness (QED) is 0.260. The second-order valence-corrected chi connectivity index (χ2v) is 2.63. The minimum Gasteiger partial charge on any atom is -0.394 e. The Morgan fingerprint density at radius 1 is 1.08 bits per heavy atom. The van der Waals surface area contributed by atoms with Crippen molar-refractivity contribution in [1.82, 2.24) is 0 Å². The second kappa shape index (κ2) is 7.98. The summed E-state index contributed by atoms with van der Waals surface area (Å²) in [5.41, 5.74) is 0. The Hall–Kier alpha value is 0.630. The molecule has 5 N–H and O–H groups in total. The van der Waals surface area contributed by atoms with Gasteiger partial charge >= 0.3 is 22.4 Å². The fourth-order valence-electron chi connectivity index (χ4n) is 0.618. The largest absolute Gasteiger partial charge is 1.00 e. The van der Waals surface area contributed by atoms with Gasteiger partial charge in [0.1, 0.15) is 24.4 Å². The van der Waals surface area contributed by atoms with Gasteiger partial charge in [-0.3, -0.25) is 0 Å². The molecule has 0 aromatic heterocycles. The molecule has 0 rings (SSSR count). The zero-order valence-corrected chi connectivity index (χ0v) is 9.52. The van der Waals surface area contributed by atoms with Gasteiger partial charge in [0.05, 0.1) is 6.61 Å². The van der Waals surface area contributed by atoms with Gasteiger partial charge in [0.25, 0.3) is 0 Å². The number of hydrogen-bond donors (Lipinski definition) is 5. The van der Waals surface area contributed by atoms with E-state index in [2.05, 4.69) is 12.2 Å². The van der Waals surface area contributed by atoms with Gasteiger partial charge < -0.3 is 25.5 Å². The Morgan fingerprint density at radius 2 is 1.54 bits per heavy atom. The van der Waals surface area contributed by atoms with Crippen LogP contribution in [0.1, 0.15) is 0 Å². The Bertz CT molecular complexity index is 147. The van der Waals surface area contributed by atoms with Gasteiger partial charge in [0.15, 0.2) is 0 Å². The molecule has 0 saturated heterocycles. The molecule has 0 aromatic carbocycles. The Balaban J connectivity index is 0. The molecule has 82 valence electrons. The van der Waals surface area contributed by atoms with Gasteiger partial charge in [-0.05, 0) is 0 Å². The number of thiocarbonyl (C=S) groups is 1. The zero-order valence-electron chi connectivity index (χ0n) is 6.54. The third-order valence-electron chi connectivity index (χ3n) is 1.42. The predicted molar refractivity (Wildman–Crippen MR) is 44.8 cm³/mol. The first-order chi connectivity index (χ1) is 5.54. The summed E-state index contributed by atoms with van der Waals surface area (Å²) in [5.74, 6) is 0. The van der Waals surface area contributed by atoms with E-state index in [0.717, 1.165) is 5.37 Å². The average Bonchev–Trinajstić information content (AvgIpc) is 2.12. The normalized spacial score (nSPS) is 19.5. The van der Waals surface area contributed by atoms with Gasteiger partial charge in [-0.25, -0.2) is 0 Å². The molecule has 13 heavy (non-hydrogen) atoms. The third-order valence-corrected chi connectivity index (χ3v) is 1.70. The van der Waals surface area contributed by atoms with E-state index in [1.807, 2.05) is 0 Å². The molecule has 7 heteroatoms. The number of hydrogen-bond acceptors (Lipinski definition) is 6. The van der Waals surface area contributed by atoms with E-state index in [1.54, 1.807) is 0 Å². The summed E-state index contributed by atoms with van der Waals surface area (Å²) in [7, 11) is 0. The van der Waals surface area contributed by atoms with Crippen molar-refractivity contribution in [3.63, 3.8) is 0 Å². The summed E-state index contributed by atoms with van der Waals surface area (Å²) in [5, 5.41) is 44.9. The molecule has 0 amide bonds. The van der Waals surface area contributed by atoms with Gasteiger partial charge in [0, 0.05) is 5.37 Å². The maximum Gasteiger partial charge on any atom is 1.00 e. The van der Waals surface area contributed by atoms with Crippen molar-refractivity contribution >= 4 is 17.6 Å². The van der Waals surface area contributed by atoms with E-state index in [0.29, 0.717) is 0 Å². The Labute approximate surface area is 96.5 Å². The SMILES string of the molecule is OC[C@@H](O)[C@@H](O)[C@H](O)[C@H](O)C=S.[Au+]. The van der Waals surface area contributed by atoms with Crippen LogP contribution < -0.4 is 0 Å². The Kier molecular flexibility index (Phi) is 9.87. The van der Waals surface area contributed by atoms with Crippen LogP contribution in [0.3, 0.4) is 0 Å². The molecule has 0 radical (unpaired) electrons. The van der Waals surface area contributed by atoms with Crippen LogP contribution in [-0.2, 0) is 22.4 Å². The summed E-state index contributed by atoms with van der Waals surface area (Å²) in [6.07, 6.45) is -6.06. The molecule has 0 aliphatic rings. The van der Waals surface area contributed by atoms with Gasteiger partial charge in [-0.1, -0.05) is 12.2 Å². The van der Waals surface area contributed by atoms with Crippen LogP contribution in [0.4, 0.5) is 0 Å². The molecule has 0 saturated carbocycles. The van der Waals surface area contributed by atoms with Crippen LogP contribution >= 0.6 is 12.2 Å². The monoisotopic (exact) mass is 393 g/mol. The molecule has 0 aliphatic heterocycles. The van der Waals surface area contributed by atoms with Crippen molar-refractivity contribution in [2.75, 3.05) is 6.61 Å². The van der Waals surface area contributed by atoms with Crippen LogP contribution in [0.25, 0.3) is 0 Å². The molecule has 5 nitrogen and oxygen atoms in total. The maximum absolute atomic E-state index is 9.02. The van der Waals surface area contributed by atoms with Crippen LogP contribution in [0.15, 0.2) is 0 Å². The van der Waals surface area contributed by atoms with Gasteiger partial charge in [-0.15, -0.1) is 0 Å². The van der Waals surface area contributed by atoms with Crippen molar-refractivity contribution in [2.45, 2.75) is 24.4 Å². The van der Waals surface area contributed by atoms with E-state index in [9.17, 15) is 0 Å². The van der Waals surface area contributed by atoms with E-state index in [4.69, 9.17) is 25.5 Å². The number of aliphatic hydroxyl groups is 5. The van der Waals surface area contributed by atoms with Crippen molar-refractivity contribution in [3.05, 3.63) is 0 Å². The van der Waals surface area contributed by atoms with E-state index < -0.39 is 31.0 Å². The van der Waals surface area contributed by atoms with E-state index >= 15 is 0 Å². The molecule has 0 bridgehead atoms. The summed E-state index contributed by atoms with van der Waals surface area (Å²) >= 11 is 4.30. The van der Waals surface area contributed by atoms with Crippen molar-refractivity contribution in [1.29, 1.82) is 0 Å². The minimum absolute atomic E-state index is 0. The number of rotatable bonds is 5. The number of aliphatic hydroxyl groups excluding tert-OH is 5. The van der Waals surface area contributed by atoms with Crippen LogP contribution in [0.2, 0.25) is 0 Å². The first kappa shape index (κ1) is 16.1. The van der Waals surface area contributed by atoms with Gasteiger partial charge in [0.2, 0.25) is 0 Å². The van der Waals surface area contributed by atoms with Crippen LogP contribution in [0.5, 0.6) is 0 Å². The standard InChI is InChI=1S/C6H12O5S.Au/c7-1-3(8)5(10)6(11)4(9)2-12;/h2-11H,1H2;/q;+1/t3-,4-,5-,6-;/m1./s1. The maximum atomic E-state index is 9.02. The molecule has 0 unspecified atom stereocenters. The first-order valence-electron chi connectivity index (χ1n) is 3.33. The van der Waals surface area contributed by atoms with Crippen molar-refractivity contribution < 1.29 is 47.9 Å². The van der Waals surface area contributed by atoms with E-state index in [1.165, 1.54) is 0 Å². The summed E-state index contributed by atoms with van der Waals surface area (Å²) in [6, 6.07) is 0. The first-order valence-corrected chi connectivity index (χ1v) is 3.80. The minimum atomic E-state index is -1.61. The molecule has 0 aromatic rings. The fourth-order valence-corrected chi connectivity index (χ4v) is 0.779. The topological polar surface area (TPSA) is 101 Å². The predicted octanol–water partition coefficient (Wildman–Crippen LogP) is -2.58.